The second kappa shape index (κ2) is 8.58. The Hall–Kier alpha value is -2.82. The van der Waals surface area contributed by atoms with E-state index in [1.54, 1.807) is 18.2 Å². The average Bonchev–Trinajstić information content (AvgIpc) is 2.97. The number of H-pyrrole nitrogens is 1. The van der Waals surface area contributed by atoms with Gasteiger partial charge in [0.1, 0.15) is 0 Å². The summed E-state index contributed by atoms with van der Waals surface area (Å²) >= 11 is 0. The van der Waals surface area contributed by atoms with Crippen LogP contribution in [0.15, 0.2) is 54.8 Å². The Morgan fingerprint density at radius 1 is 1.26 bits per heavy atom. The SMILES string of the molecule is C/C=C/C=C/C(=O)OCC(=O)NCCc1c[nH]c2ccccc12. The summed E-state index contributed by atoms with van der Waals surface area (Å²) in [5.74, 6) is -0.840. The zero-order chi connectivity index (χ0) is 16.5. The molecule has 0 spiro atoms. The number of allylic oxidation sites excluding steroid dienone is 3. The Morgan fingerprint density at radius 3 is 2.91 bits per heavy atom. The highest BCUT2D eigenvalue weighted by Gasteiger charge is 2.06. The van der Waals surface area contributed by atoms with Gasteiger partial charge in [0.25, 0.3) is 5.91 Å². The first-order valence-corrected chi connectivity index (χ1v) is 7.48. The van der Waals surface area contributed by atoms with Crippen LogP contribution in [0, 0.1) is 0 Å². The third-order valence-electron chi connectivity index (χ3n) is 3.27. The molecule has 1 aromatic carbocycles. The number of aromatic amines is 1. The summed E-state index contributed by atoms with van der Waals surface area (Å²) < 4.78 is 4.83. The molecule has 5 nitrogen and oxygen atoms in total. The van der Waals surface area contributed by atoms with Crippen molar-refractivity contribution < 1.29 is 14.3 Å². The number of carbonyl (C=O) groups is 2. The maximum atomic E-state index is 11.6. The van der Waals surface area contributed by atoms with Crippen LogP contribution in [-0.4, -0.2) is 30.0 Å². The molecule has 120 valence electrons. The lowest BCUT2D eigenvalue weighted by Crippen LogP contribution is -2.30. The summed E-state index contributed by atoms with van der Waals surface area (Å²) in [6.45, 7) is 2.07. The van der Waals surface area contributed by atoms with Gasteiger partial charge >= 0.3 is 5.97 Å². The molecule has 2 aromatic rings. The highest BCUT2D eigenvalue weighted by molar-refractivity contribution is 5.86. The number of carbonyl (C=O) groups excluding carboxylic acids is 2. The summed E-state index contributed by atoms with van der Waals surface area (Å²) in [6.07, 6.45) is 9.01. The highest BCUT2D eigenvalue weighted by Crippen LogP contribution is 2.17. The molecule has 0 radical (unpaired) electrons. The first-order valence-electron chi connectivity index (χ1n) is 7.48. The van der Waals surface area contributed by atoms with Gasteiger partial charge in [-0.15, -0.1) is 0 Å². The Labute approximate surface area is 135 Å². The summed E-state index contributed by atoms with van der Waals surface area (Å²) in [6, 6.07) is 8.02. The lowest BCUT2D eigenvalue weighted by molar-refractivity contribution is -0.143. The third kappa shape index (κ3) is 5.14. The standard InChI is InChI=1S/C18H20N2O3/c1-2-3-4-9-18(22)23-13-17(21)19-11-10-14-12-20-16-8-6-5-7-15(14)16/h2-9,12,20H,10-11,13H2,1H3,(H,19,21)/b3-2+,9-4+. The maximum Gasteiger partial charge on any atom is 0.331 e. The second-order valence-electron chi connectivity index (χ2n) is 4.95. The minimum absolute atomic E-state index is 0.271. The van der Waals surface area contributed by atoms with Gasteiger partial charge in [-0.3, -0.25) is 4.79 Å². The molecule has 0 saturated carbocycles. The molecular formula is C18H20N2O3. The normalized spacial score (nSPS) is 11.3. The van der Waals surface area contributed by atoms with Gasteiger partial charge in [-0.25, -0.2) is 4.79 Å². The van der Waals surface area contributed by atoms with Crippen molar-refractivity contribution >= 4 is 22.8 Å². The molecule has 1 aromatic heterocycles. The molecule has 0 bridgehead atoms. The molecule has 0 aliphatic carbocycles. The molecule has 2 rings (SSSR count). The number of aromatic nitrogens is 1. The second-order valence-corrected chi connectivity index (χ2v) is 4.95. The molecule has 5 heteroatoms. The van der Waals surface area contributed by atoms with Gasteiger partial charge in [0.05, 0.1) is 0 Å². The van der Waals surface area contributed by atoms with Gasteiger partial charge in [0, 0.05) is 29.7 Å². The smallest absolute Gasteiger partial charge is 0.331 e. The van der Waals surface area contributed by atoms with E-state index in [1.165, 1.54) is 6.08 Å². The first kappa shape index (κ1) is 16.5. The van der Waals surface area contributed by atoms with Crippen LogP contribution in [0.1, 0.15) is 12.5 Å². The van der Waals surface area contributed by atoms with E-state index in [0.29, 0.717) is 13.0 Å². The lowest BCUT2D eigenvalue weighted by atomic mass is 10.1. The van der Waals surface area contributed by atoms with Gasteiger partial charge in [-0.05, 0) is 25.0 Å². The molecular weight excluding hydrogens is 292 g/mol. The van der Waals surface area contributed by atoms with Crippen molar-refractivity contribution in [2.24, 2.45) is 0 Å². The van der Waals surface area contributed by atoms with Crippen molar-refractivity contribution in [1.29, 1.82) is 0 Å². The van der Waals surface area contributed by atoms with E-state index in [2.05, 4.69) is 10.3 Å². The lowest BCUT2D eigenvalue weighted by Gasteiger charge is -2.05. The maximum absolute atomic E-state index is 11.6. The number of benzene rings is 1. The van der Waals surface area contributed by atoms with E-state index in [-0.39, 0.29) is 12.5 Å². The quantitative estimate of drug-likeness (QED) is 0.469. The first-order chi connectivity index (χ1) is 11.2. The van der Waals surface area contributed by atoms with Crippen molar-refractivity contribution in [3.63, 3.8) is 0 Å². The average molecular weight is 312 g/mol. The van der Waals surface area contributed by atoms with Gasteiger partial charge < -0.3 is 15.0 Å². The van der Waals surface area contributed by atoms with Gasteiger partial charge in [0.15, 0.2) is 6.61 Å². The van der Waals surface area contributed by atoms with Crippen LogP contribution in [0.3, 0.4) is 0 Å². The van der Waals surface area contributed by atoms with Crippen molar-refractivity contribution in [2.75, 3.05) is 13.2 Å². The number of hydrogen-bond donors (Lipinski definition) is 2. The molecule has 1 amide bonds. The Balaban J connectivity index is 1.72. The van der Waals surface area contributed by atoms with E-state index >= 15 is 0 Å². The van der Waals surface area contributed by atoms with Gasteiger partial charge in [0.2, 0.25) is 0 Å². The van der Waals surface area contributed by atoms with Gasteiger partial charge in [-0.2, -0.15) is 0 Å². The number of hydrogen-bond acceptors (Lipinski definition) is 3. The molecule has 0 fully saturated rings. The van der Waals surface area contributed by atoms with Crippen LogP contribution in [0.25, 0.3) is 10.9 Å². The number of amides is 1. The Bertz CT molecular complexity index is 729. The van der Waals surface area contributed by atoms with Crippen molar-refractivity contribution in [1.82, 2.24) is 10.3 Å². The van der Waals surface area contributed by atoms with Crippen molar-refractivity contribution in [3.05, 3.63) is 60.3 Å². The van der Waals surface area contributed by atoms with Crippen LogP contribution in [-0.2, 0) is 20.7 Å². The van der Waals surface area contributed by atoms with E-state index in [4.69, 9.17) is 4.74 Å². The predicted molar refractivity (Wildman–Crippen MR) is 89.9 cm³/mol. The van der Waals surface area contributed by atoms with Crippen LogP contribution in [0.5, 0.6) is 0 Å². The predicted octanol–water partition coefficient (Wildman–Crippen LogP) is 2.50. The van der Waals surface area contributed by atoms with Crippen molar-refractivity contribution in [3.8, 4) is 0 Å². The fourth-order valence-electron chi connectivity index (χ4n) is 2.16. The largest absolute Gasteiger partial charge is 0.452 e. The molecule has 2 N–H and O–H groups in total. The summed E-state index contributed by atoms with van der Waals surface area (Å²) in [4.78, 5) is 26.1. The van der Waals surface area contributed by atoms with Crippen LogP contribution in [0.2, 0.25) is 0 Å². The third-order valence-corrected chi connectivity index (χ3v) is 3.27. The molecule has 1 heterocycles. The van der Waals surface area contributed by atoms with E-state index in [9.17, 15) is 9.59 Å². The molecule has 0 aliphatic rings. The van der Waals surface area contributed by atoms with Crippen LogP contribution >= 0.6 is 0 Å². The minimum Gasteiger partial charge on any atom is -0.452 e. The zero-order valence-corrected chi connectivity index (χ0v) is 13.0. The number of esters is 1. The number of ether oxygens (including phenoxy) is 1. The molecule has 0 aliphatic heterocycles. The van der Waals surface area contributed by atoms with Crippen LogP contribution in [0.4, 0.5) is 0 Å². The van der Waals surface area contributed by atoms with Gasteiger partial charge in [-0.1, -0.05) is 36.4 Å². The Kier molecular flexibility index (Phi) is 6.17. The van der Waals surface area contributed by atoms with E-state index in [0.717, 1.165) is 16.5 Å². The van der Waals surface area contributed by atoms with E-state index < -0.39 is 5.97 Å². The number of nitrogens with one attached hydrogen (secondary N) is 2. The van der Waals surface area contributed by atoms with Crippen molar-refractivity contribution in [2.45, 2.75) is 13.3 Å². The van der Waals surface area contributed by atoms with Crippen LogP contribution < -0.4 is 5.32 Å². The topological polar surface area (TPSA) is 71.2 Å². The number of fused-ring (bicyclic) bond motifs is 1. The number of rotatable bonds is 7. The highest BCUT2D eigenvalue weighted by atomic mass is 16.5. The minimum atomic E-state index is -0.533. The molecule has 0 atom stereocenters. The summed E-state index contributed by atoms with van der Waals surface area (Å²) in [5, 5.41) is 3.90. The molecule has 23 heavy (non-hydrogen) atoms. The summed E-state index contributed by atoms with van der Waals surface area (Å²) in [7, 11) is 0. The number of para-hydroxylation sites is 1. The van der Waals surface area contributed by atoms with E-state index in [1.807, 2.05) is 37.4 Å². The zero-order valence-electron chi connectivity index (χ0n) is 13.0. The molecule has 0 saturated heterocycles. The Morgan fingerprint density at radius 2 is 2.09 bits per heavy atom. The fourth-order valence-corrected chi connectivity index (χ4v) is 2.16. The monoisotopic (exact) mass is 312 g/mol. The summed E-state index contributed by atoms with van der Waals surface area (Å²) in [5.41, 5.74) is 2.22. The fraction of sp³-hybridized carbons (Fsp3) is 0.222. The molecule has 0 unspecified atom stereocenters.